The zero-order chi connectivity index (χ0) is 5.86. The van der Waals surface area contributed by atoms with Crippen LogP contribution in [-0.4, -0.2) is 56.1 Å². The van der Waals surface area contributed by atoms with E-state index < -0.39 is 18.6 Å². The summed E-state index contributed by atoms with van der Waals surface area (Å²) in [5, 5.41) is 15.9. The summed E-state index contributed by atoms with van der Waals surface area (Å²) >= 11 is 0. The molecule has 8 heavy (non-hydrogen) atoms. The molecule has 0 aromatic heterocycles. The predicted molar refractivity (Wildman–Crippen MR) is 34.0 cm³/mol. The molecule has 0 aromatic rings. The number of hydrogen-bond acceptors (Lipinski definition) is 3. The molecular formula is C3H11NO3Pb. The summed E-state index contributed by atoms with van der Waals surface area (Å²) in [7, 11) is 0. The number of hydrogen-bond donors (Lipinski definition) is 3. The second-order valence-corrected chi connectivity index (χ2v) is 1.13. The molecule has 0 radical (unpaired) electrons. The fourth-order valence-corrected chi connectivity index (χ4v) is 0.0781. The normalized spacial score (nSPS) is 11.8. The number of aliphatic hydroxyl groups is 1. The van der Waals surface area contributed by atoms with Crippen molar-refractivity contribution in [2.45, 2.75) is 6.04 Å². The Bertz CT molecular complexity index is 76.9. The van der Waals surface area contributed by atoms with E-state index in [-0.39, 0.29) is 27.3 Å². The molecule has 0 bridgehead atoms. The van der Waals surface area contributed by atoms with E-state index in [4.69, 9.17) is 15.9 Å². The van der Waals surface area contributed by atoms with Gasteiger partial charge in [-0.1, -0.05) is 0 Å². The van der Waals surface area contributed by atoms with Crippen LogP contribution in [0.3, 0.4) is 0 Å². The van der Waals surface area contributed by atoms with Crippen molar-refractivity contribution in [3.63, 3.8) is 0 Å². The van der Waals surface area contributed by atoms with Crippen LogP contribution in [0.4, 0.5) is 0 Å². The van der Waals surface area contributed by atoms with Crippen molar-refractivity contribution < 1.29 is 15.0 Å². The van der Waals surface area contributed by atoms with Gasteiger partial charge in [0.25, 0.3) is 0 Å². The van der Waals surface area contributed by atoms with E-state index in [0.717, 1.165) is 0 Å². The number of aliphatic hydroxyl groups excluding tert-OH is 1. The van der Waals surface area contributed by atoms with E-state index in [1.54, 1.807) is 0 Å². The molecule has 0 saturated carbocycles. The van der Waals surface area contributed by atoms with E-state index >= 15 is 0 Å². The zero-order valence-electron chi connectivity index (χ0n) is 3.66. The molecule has 0 spiro atoms. The van der Waals surface area contributed by atoms with Gasteiger partial charge in [-0.15, -0.1) is 0 Å². The maximum atomic E-state index is 9.65. The minimum atomic E-state index is -1.18. The van der Waals surface area contributed by atoms with Crippen LogP contribution in [0.25, 0.3) is 0 Å². The SMILES string of the molecule is N[C@H](CO)C(=O)O.[PbH4]. The Balaban J connectivity index is 0. The Morgan fingerprint density at radius 2 is 2.12 bits per heavy atom. The average Bonchev–Trinajstić information content (AvgIpc) is 1.65. The van der Waals surface area contributed by atoms with Crippen LogP contribution < -0.4 is 5.73 Å². The third-order valence-corrected chi connectivity index (χ3v) is 0.514. The van der Waals surface area contributed by atoms with Crippen LogP contribution in [0, 0.1) is 0 Å². The van der Waals surface area contributed by atoms with Gasteiger partial charge in [-0.25, -0.2) is 0 Å². The fraction of sp³-hybridized carbons (Fsp3) is 0.667. The molecule has 4 N–H and O–H groups in total. The summed E-state index contributed by atoms with van der Waals surface area (Å²) in [4.78, 5) is 9.65. The number of carboxylic acid groups (broad SMARTS) is 1. The monoisotopic (exact) mass is 317 g/mol. The van der Waals surface area contributed by atoms with Crippen LogP contribution >= 0.6 is 0 Å². The van der Waals surface area contributed by atoms with Crippen LogP contribution in [0.15, 0.2) is 0 Å². The summed E-state index contributed by atoms with van der Waals surface area (Å²) in [5.41, 5.74) is 4.77. The van der Waals surface area contributed by atoms with Gasteiger partial charge in [-0.05, 0) is 0 Å². The standard InChI is InChI=1S/C3H7NO3.Pb.4H/c4-2(1-5)3(6)7;;;;;/h2,5H,1,4H2,(H,6,7);;;;;/t2-;;;;;/m1...../s1. The van der Waals surface area contributed by atoms with Gasteiger partial charge in [0.15, 0.2) is 0 Å². The molecule has 0 amide bonds. The summed E-state index contributed by atoms with van der Waals surface area (Å²) in [6, 6.07) is -1.13. The number of nitrogens with two attached hydrogens (primary N) is 1. The van der Waals surface area contributed by atoms with E-state index in [0.29, 0.717) is 0 Å². The van der Waals surface area contributed by atoms with Gasteiger partial charge in [0.1, 0.15) is 6.04 Å². The zero-order valence-corrected chi connectivity index (χ0v) is 3.66. The quantitative estimate of drug-likeness (QED) is 0.473. The van der Waals surface area contributed by atoms with Crippen molar-refractivity contribution in [3.8, 4) is 0 Å². The van der Waals surface area contributed by atoms with Gasteiger partial charge in [0.05, 0.1) is 6.61 Å². The molecule has 0 aliphatic rings. The summed E-state index contributed by atoms with van der Waals surface area (Å²) in [6.07, 6.45) is 0. The fourth-order valence-electron chi connectivity index (χ4n) is 0.0781. The third-order valence-electron chi connectivity index (χ3n) is 0.514. The first-order chi connectivity index (χ1) is 3.18. The molecule has 0 rings (SSSR count). The van der Waals surface area contributed by atoms with Crippen molar-refractivity contribution in [2.75, 3.05) is 6.61 Å². The Kier molecular flexibility index (Phi) is 7.60. The molecular weight excluding hydrogens is 305 g/mol. The van der Waals surface area contributed by atoms with Gasteiger partial charge >= 0.3 is 33.3 Å². The second kappa shape index (κ2) is 5.45. The first-order valence-electron chi connectivity index (χ1n) is 1.77. The molecule has 0 aromatic carbocycles. The Hall–Kier alpha value is 0.312. The average molecular weight is 316 g/mol. The van der Waals surface area contributed by atoms with E-state index in [1.165, 1.54) is 0 Å². The van der Waals surface area contributed by atoms with E-state index in [2.05, 4.69) is 0 Å². The van der Waals surface area contributed by atoms with Crippen molar-refractivity contribution in [1.29, 1.82) is 0 Å². The van der Waals surface area contributed by atoms with Crippen molar-refractivity contribution >= 4 is 33.3 Å². The molecule has 0 aliphatic carbocycles. The van der Waals surface area contributed by atoms with Crippen molar-refractivity contribution in [3.05, 3.63) is 0 Å². The van der Waals surface area contributed by atoms with Crippen LogP contribution in [0.2, 0.25) is 0 Å². The number of carboxylic acids is 1. The maximum absolute atomic E-state index is 9.65. The molecule has 0 saturated heterocycles. The van der Waals surface area contributed by atoms with Gasteiger partial charge < -0.3 is 15.9 Å². The van der Waals surface area contributed by atoms with Crippen molar-refractivity contribution in [2.24, 2.45) is 5.73 Å². The topological polar surface area (TPSA) is 83.5 Å². The van der Waals surface area contributed by atoms with Crippen LogP contribution in [0.1, 0.15) is 0 Å². The Morgan fingerprint density at radius 1 is 1.75 bits per heavy atom. The summed E-state index contributed by atoms with van der Waals surface area (Å²) in [6.45, 7) is -0.505. The van der Waals surface area contributed by atoms with E-state index in [9.17, 15) is 4.79 Å². The molecule has 4 nitrogen and oxygen atoms in total. The molecule has 0 fully saturated rings. The summed E-state index contributed by atoms with van der Waals surface area (Å²) < 4.78 is 0. The summed E-state index contributed by atoms with van der Waals surface area (Å²) in [5.74, 6) is -1.18. The molecule has 0 heterocycles. The van der Waals surface area contributed by atoms with Crippen LogP contribution in [-0.2, 0) is 4.79 Å². The second-order valence-electron chi connectivity index (χ2n) is 1.13. The molecule has 0 unspecified atom stereocenters. The first kappa shape index (κ1) is 11.2. The van der Waals surface area contributed by atoms with Gasteiger partial charge in [0, 0.05) is 0 Å². The predicted octanol–water partition coefficient (Wildman–Crippen LogP) is -3.06. The van der Waals surface area contributed by atoms with Gasteiger partial charge in [-0.3, -0.25) is 4.79 Å². The molecule has 50 valence electrons. The van der Waals surface area contributed by atoms with Gasteiger partial charge in [-0.2, -0.15) is 0 Å². The minimum absolute atomic E-state index is 0. The van der Waals surface area contributed by atoms with Gasteiger partial charge in [0.2, 0.25) is 0 Å². The number of carbonyl (C=O) groups is 1. The molecule has 1 atom stereocenters. The first-order valence-corrected chi connectivity index (χ1v) is 1.77. The Morgan fingerprint density at radius 3 is 2.12 bits per heavy atom. The third kappa shape index (κ3) is 4.47. The number of aliphatic carboxylic acids is 1. The molecule has 5 heteroatoms. The Labute approximate surface area is 66.8 Å². The van der Waals surface area contributed by atoms with Crippen LogP contribution in [0.5, 0.6) is 0 Å². The van der Waals surface area contributed by atoms with Crippen molar-refractivity contribution in [1.82, 2.24) is 0 Å². The molecule has 0 aliphatic heterocycles. The van der Waals surface area contributed by atoms with E-state index in [1.807, 2.05) is 0 Å². The number of rotatable bonds is 2.